The third kappa shape index (κ3) is 5.41. The van der Waals surface area contributed by atoms with Gasteiger partial charge in [-0.25, -0.2) is 8.42 Å². The SMILES string of the molecule is CN[N+]1(NC)C=CC=CC1.Cc1ccc(S(=O)(=O)[O-])cc1. The number of hydrogen-bond donors (Lipinski definition) is 2. The fraction of sp³-hybridized carbons (Fsp3) is 0.286. The molecule has 0 atom stereocenters. The zero-order chi connectivity index (χ0) is 15.9. The summed E-state index contributed by atoms with van der Waals surface area (Å²) < 4.78 is 31.8. The molecule has 0 amide bonds. The van der Waals surface area contributed by atoms with E-state index in [0.29, 0.717) is 4.70 Å². The van der Waals surface area contributed by atoms with Crippen LogP contribution in [0.2, 0.25) is 0 Å². The number of hydrogen-bond acceptors (Lipinski definition) is 5. The van der Waals surface area contributed by atoms with Crippen molar-refractivity contribution in [1.29, 1.82) is 0 Å². The summed E-state index contributed by atoms with van der Waals surface area (Å²) in [5.74, 6) is 0. The van der Waals surface area contributed by atoms with E-state index in [4.69, 9.17) is 0 Å². The van der Waals surface area contributed by atoms with Crippen LogP contribution in [0.4, 0.5) is 0 Å². The highest BCUT2D eigenvalue weighted by molar-refractivity contribution is 7.85. The fourth-order valence-corrected chi connectivity index (χ4v) is 2.18. The molecule has 0 aliphatic carbocycles. The van der Waals surface area contributed by atoms with Crippen LogP contribution in [0.1, 0.15) is 5.56 Å². The molecule has 2 rings (SSSR count). The van der Waals surface area contributed by atoms with E-state index in [1.54, 1.807) is 12.1 Å². The van der Waals surface area contributed by atoms with Crippen molar-refractivity contribution in [3.05, 3.63) is 54.3 Å². The van der Waals surface area contributed by atoms with Crippen molar-refractivity contribution >= 4 is 10.1 Å². The highest BCUT2D eigenvalue weighted by atomic mass is 32.2. The monoisotopic (exact) mass is 311 g/mol. The number of rotatable bonds is 3. The van der Waals surface area contributed by atoms with Crippen LogP contribution < -0.4 is 10.9 Å². The van der Waals surface area contributed by atoms with Crippen molar-refractivity contribution in [1.82, 2.24) is 10.9 Å². The first-order valence-corrected chi connectivity index (χ1v) is 7.86. The molecule has 0 unspecified atom stereocenters. The van der Waals surface area contributed by atoms with Crippen LogP contribution in [0.25, 0.3) is 0 Å². The Labute approximate surface area is 126 Å². The van der Waals surface area contributed by atoms with Crippen molar-refractivity contribution in [2.45, 2.75) is 11.8 Å². The Hall–Kier alpha value is -1.51. The van der Waals surface area contributed by atoms with Crippen molar-refractivity contribution in [2.75, 3.05) is 20.6 Å². The lowest BCUT2D eigenvalue weighted by atomic mass is 10.2. The largest absolute Gasteiger partial charge is 0.744 e. The summed E-state index contributed by atoms with van der Waals surface area (Å²) >= 11 is 0. The smallest absolute Gasteiger partial charge is 0.138 e. The fourth-order valence-electron chi connectivity index (χ4n) is 1.71. The van der Waals surface area contributed by atoms with Crippen LogP contribution in [-0.4, -0.2) is 38.3 Å². The zero-order valence-electron chi connectivity index (χ0n) is 12.4. The van der Waals surface area contributed by atoms with Crippen LogP contribution >= 0.6 is 0 Å². The Morgan fingerprint density at radius 3 is 2.00 bits per heavy atom. The highest BCUT2D eigenvalue weighted by Gasteiger charge is 2.20. The molecule has 7 heteroatoms. The lowest BCUT2D eigenvalue weighted by molar-refractivity contribution is -0.956. The van der Waals surface area contributed by atoms with E-state index in [2.05, 4.69) is 23.1 Å². The van der Waals surface area contributed by atoms with E-state index >= 15 is 0 Å². The quantitative estimate of drug-likeness (QED) is 0.644. The molecule has 2 N–H and O–H groups in total. The van der Waals surface area contributed by atoms with Gasteiger partial charge < -0.3 is 4.55 Å². The lowest BCUT2D eigenvalue weighted by Gasteiger charge is -2.30. The molecule has 0 saturated carbocycles. The van der Waals surface area contributed by atoms with Gasteiger partial charge in [0, 0.05) is 14.1 Å². The maximum atomic E-state index is 10.4. The van der Waals surface area contributed by atoms with Crippen LogP contribution in [0.5, 0.6) is 0 Å². The first-order valence-electron chi connectivity index (χ1n) is 6.46. The van der Waals surface area contributed by atoms with Gasteiger partial charge >= 0.3 is 0 Å². The predicted molar refractivity (Wildman–Crippen MR) is 80.7 cm³/mol. The number of benzene rings is 1. The molecule has 1 heterocycles. The highest BCUT2D eigenvalue weighted by Crippen LogP contribution is 2.08. The minimum absolute atomic E-state index is 0.178. The molecule has 0 aromatic heterocycles. The second kappa shape index (κ2) is 7.48. The van der Waals surface area contributed by atoms with Gasteiger partial charge in [0.2, 0.25) is 0 Å². The van der Waals surface area contributed by atoms with Crippen molar-refractivity contribution in [3.63, 3.8) is 0 Å². The third-order valence-electron chi connectivity index (χ3n) is 3.09. The Morgan fingerprint density at radius 1 is 1.10 bits per heavy atom. The summed E-state index contributed by atoms with van der Waals surface area (Å²) in [6.07, 6.45) is 8.26. The molecule has 0 radical (unpaired) electrons. The number of nitrogens with one attached hydrogen (secondary N) is 2. The molecular formula is C14H21N3O3S. The second-order valence-corrected chi connectivity index (χ2v) is 5.92. The van der Waals surface area contributed by atoms with Gasteiger partial charge in [0.25, 0.3) is 0 Å². The summed E-state index contributed by atoms with van der Waals surface area (Å²) in [6.45, 7) is 2.77. The minimum atomic E-state index is -4.27. The summed E-state index contributed by atoms with van der Waals surface area (Å²) in [5, 5.41) is 0. The lowest BCUT2D eigenvalue weighted by Crippen LogP contribution is -2.60. The van der Waals surface area contributed by atoms with Crippen molar-refractivity contribution < 1.29 is 17.7 Å². The van der Waals surface area contributed by atoms with Gasteiger partial charge in [-0.05, 0) is 31.2 Å². The maximum absolute atomic E-state index is 10.4. The average molecular weight is 311 g/mol. The Kier molecular flexibility index (Phi) is 6.25. The standard InChI is InChI=1S/C7H14N3.C7H8O3S/c1-8-10(9-2)6-4-3-5-7-10;1-6-2-4-7(5-3-6)11(8,9)10/h3-6,8-9H,7H2,1-2H3;2-5H,1H3,(H,8,9,10)/q+1;/p-1. The van der Waals surface area contributed by atoms with E-state index in [1.807, 2.05) is 33.2 Å². The van der Waals surface area contributed by atoms with E-state index in [0.717, 1.165) is 12.1 Å². The van der Waals surface area contributed by atoms with E-state index in [-0.39, 0.29) is 4.90 Å². The molecule has 1 aliphatic heterocycles. The van der Waals surface area contributed by atoms with E-state index < -0.39 is 10.1 Å². The normalized spacial score (nSPS) is 16.2. The molecule has 1 aliphatic rings. The van der Waals surface area contributed by atoms with Crippen LogP contribution in [0.15, 0.2) is 53.6 Å². The molecular weight excluding hydrogens is 290 g/mol. The van der Waals surface area contributed by atoms with Gasteiger partial charge in [0.15, 0.2) is 0 Å². The molecule has 21 heavy (non-hydrogen) atoms. The van der Waals surface area contributed by atoms with Gasteiger partial charge in [-0.15, -0.1) is 15.6 Å². The van der Waals surface area contributed by atoms with Crippen molar-refractivity contribution in [3.8, 4) is 0 Å². The van der Waals surface area contributed by atoms with Crippen LogP contribution in [0.3, 0.4) is 0 Å². The van der Waals surface area contributed by atoms with Gasteiger partial charge in [-0.1, -0.05) is 23.8 Å². The number of quaternary nitrogens is 1. The average Bonchev–Trinajstić information content (AvgIpc) is 2.48. The first kappa shape index (κ1) is 17.5. The summed E-state index contributed by atoms with van der Waals surface area (Å²) in [6, 6.07) is 5.78. The molecule has 0 fully saturated rings. The van der Waals surface area contributed by atoms with Crippen LogP contribution in [0, 0.1) is 6.92 Å². The molecule has 0 saturated heterocycles. The Morgan fingerprint density at radius 2 is 1.67 bits per heavy atom. The van der Waals surface area contributed by atoms with Gasteiger partial charge in [-0.2, -0.15) is 0 Å². The second-order valence-electron chi connectivity index (χ2n) is 4.54. The minimum Gasteiger partial charge on any atom is -0.744 e. The first-order chi connectivity index (χ1) is 9.83. The summed E-state index contributed by atoms with van der Waals surface area (Å²) in [5.41, 5.74) is 7.24. The molecule has 1 aromatic carbocycles. The maximum Gasteiger partial charge on any atom is 0.138 e. The Balaban J connectivity index is 0.000000211. The zero-order valence-corrected chi connectivity index (χ0v) is 13.2. The molecule has 1 aromatic rings. The van der Waals surface area contributed by atoms with Gasteiger partial charge in [0.05, 0.1) is 4.90 Å². The van der Waals surface area contributed by atoms with E-state index in [9.17, 15) is 13.0 Å². The number of nitrogens with zero attached hydrogens (tertiary/aromatic N) is 1. The van der Waals surface area contributed by atoms with Gasteiger partial charge in [-0.3, -0.25) is 0 Å². The van der Waals surface area contributed by atoms with Crippen LogP contribution in [-0.2, 0) is 10.1 Å². The van der Waals surface area contributed by atoms with E-state index in [1.165, 1.54) is 12.1 Å². The Bertz CT molecular complexity index is 603. The number of allylic oxidation sites excluding steroid dienone is 2. The molecule has 6 nitrogen and oxygen atoms in total. The molecule has 116 valence electrons. The molecule has 0 spiro atoms. The topological polar surface area (TPSA) is 81.3 Å². The summed E-state index contributed by atoms with van der Waals surface area (Å²) in [7, 11) is -0.408. The number of aryl methyl sites for hydroxylation is 1. The summed E-state index contributed by atoms with van der Waals surface area (Å²) in [4.78, 5) is -0.178. The van der Waals surface area contributed by atoms with Crippen molar-refractivity contribution in [2.24, 2.45) is 0 Å². The van der Waals surface area contributed by atoms with Gasteiger partial charge in [0.1, 0.15) is 22.9 Å². The molecule has 0 bridgehead atoms. The predicted octanol–water partition coefficient (Wildman–Crippen LogP) is 1.05. The third-order valence-corrected chi connectivity index (χ3v) is 3.94.